The van der Waals surface area contributed by atoms with Crippen molar-refractivity contribution in [1.29, 1.82) is 0 Å². The van der Waals surface area contributed by atoms with Crippen molar-refractivity contribution in [3.63, 3.8) is 0 Å². The monoisotopic (exact) mass is 417 g/mol. The number of hydrogen-bond acceptors (Lipinski definition) is 4. The number of aromatic nitrogens is 4. The van der Waals surface area contributed by atoms with Crippen LogP contribution in [0.25, 0.3) is 27.8 Å². The van der Waals surface area contributed by atoms with E-state index in [9.17, 15) is 4.79 Å². The smallest absolute Gasteiger partial charge is 0.407 e. The van der Waals surface area contributed by atoms with Crippen molar-refractivity contribution in [2.45, 2.75) is 39.8 Å². The van der Waals surface area contributed by atoms with Gasteiger partial charge in [0.1, 0.15) is 5.60 Å². The van der Waals surface area contributed by atoms with E-state index in [1.807, 2.05) is 70.0 Å². The van der Waals surface area contributed by atoms with Crippen LogP contribution in [0.4, 0.5) is 4.79 Å². The fraction of sp³-hybridized carbons (Fsp3) is 0.292. The maximum absolute atomic E-state index is 12.0. The summed E-state index contributed by atoms with van der Waals surface area (Å²) in [5.74, 6) is 0. The Labute approximate surface area is 181 Å². The molecule has 4 aromatic rings. The van der Waals surface area contributed by atoms with Gasteiger partial charge in [-0.2, -0.15) is 10.2 Å². The van der Waals surface area contributed by atoms with Gasteiger partial charge in [0.15, 0.2) is 0 Å². The molecule has 3 aromatic heterocycles. The van der Waals surface area contributed by atoms with E-state index < -0.39 is 11.7 Å². The maximum atomic E-state index is 12.0. The zero-order valence-corrected chi connectivity index (χ0v) is 18.5. The van der Waals surface area contributed by atoms with Gasteiger partial charge < -0.3 is 10.1 Å². The van der Waals surface area contributed by atoms with Gasteiger partial charge in [-0.1, -0.05) is 18.2 Å². The topological polar surface area (TPSA) is 73.5 Å². The SMILES string of the molecule is Cc1cc(-c2cc(-c3cnn(C)c3)cn3nccc23)ccc1CNC(=O)OC(C)(C)C. The van der Waals surface area contributed by atoms with Gasteiger partial charge in [-0.05, 0) is 56.5 Å². The van der Waals surface area contributed by atoms with Crippen molar-refractivity contribution >= 4 is 11.6 Å². The molecule has 0 saturated carbocycles. The van der Waals surface area contributed by atoms with Crippen molar-refractivity contribution in [2.75, 3.05) is 0 Å². The number of alkyl carbamates (subject to hydrolysis) is 1. The molecule has 1 amide bonds. The number of carbonyl (C=O) groups is 1. The number of hydrogen-bond donors (Lipinski definition) is 1. The second kappa shape index (κ2) is 7.91. The van der Waals surface area contributed by atoms with Crippen LogP contribution < -0.4 is 5.32 Å². The summed E-state index contributed by atoms with van der Waals surface area (Å²) in [5, 5.41) is 11.6. The van der Waals surface area contributed by atoms with Crippen LogP contribution in [0, 0.1) is 6.92 Å². The number of pyridine rings is 1. The van der Waals surface area contributed by atoms with Crippen molar-refractivity contribution in [3.8, 4) is 22.3 Å². The zero-order valence-electron chi connectivity index (χ0n) is 18.5. The minimum Gasteiger partial charge on any atom is -0.444 e. The summed E-state index contributed by atoms with van der Waals surface area (Å²) >= 11 is 0. The third-order valence-corrected chi connectivity index (χ3v) is 5.02. The lowest BCUT2D eigenvalue weighted by atomic mass is 9.97. The molecule has 0 aliphatic rings. The van der Waals surface area contributed by atoms with Gasteiger partial charge in [-0.15, -0.1) is 0 Å². The number of ether oxygens (including phenoxy) is 1. The second-order valence-corrected chi connectivity index (χ2v) is 8.70. The lowest BCUT2D eigenvalue weighted by Gasteiger charge is -2.20. The van der Waals surface area contributed by atoms with Crippen LogP contribution in [-0.2, 0) is 18.3 Å². The van der Waals surface area contributed by atoms with E-state index >= 15 is 0 Å². The molecule has 1 aromatic carbocycles. The molecule has 31 heavy (non-hydrogen) atoms. The van der Waals surface area contributed by atoms with E-state index in [1.165, 1.54) is 0 Å². The Hall–Kier alpha value is -3.61. The summed E-state index contributed by atoms with van der Waals surface area (Å²) in [6, 6.07) is 10.4. The summed E-state index contributed by atoms with van der Waals surface area (Å²) < 4.78 is 9.01. The molecule has 4 rings (SSSR count). The highest BCUT2D eigenvalue weighted by atomic mass is 16.6. The first-order valence-electron chi connectivity index (χ1n) is 10.2. The van der Waals surface area contributed by atoms with Crippen molar-refractivity contribution in [2.24, 2.45) is 7.05 Å². The van der Waals surface area contributed by atoms with Gasteiger partial charge in [0, 0.05) is 48.9 Å². The number of rotatable bonds is 4. The van der Waals surface area contributed by atoms with Gasteiger partial charge >= 0.3 is 6.09 Å². The highest BCUT2D eigenvalue weighted by molar-refractivity contribution is 5.84. The van der Waals surface area contributed by atoms with Crippen LogP contribution >= 0.6 is 0 Å². The second-order valence-electron chi connectivity index (χ2n) is 8.70. The Morgan fingerprint density at radius 2 is 1.87 bits per heavy atom. The average Bonchev–Trinajstić information content (AvgIpc) is 3.33. The van der Waals surface area contributed by atoms with Crippen LogP contribution in [0.1, 0.15) is 31.9 Å². The third kappa shape index (κ3) is 4.60. The summed E-state index contributed by atoms with van der Waals surface area (Å²) in [5.41, 5.74) is 6.93. The summed E-state index contributed by atoms with van der Waals surface area (Å²) in [4.78, 5) is 12.0. The Kier molecular flexibility index (Phi) is 5.27. The number of amides is 1. The van der Waals surface area contributed by atoms with Crippen LogP contribution in [0.15, 0.2) is 55.1 Å². The Morgan fingerprint density at radius 3 is 2.55 bits per heavy atom. The number of benzene rings is 1. The molecule has 0 bridgehead atoms. The number of nitrogens with one attached hydrogen (secondary N) is 1. The average molecular weight is 418 g/mol. The fourth-order valence-corrected chi connectivity index (χ4v) is 3.53. The van der Waals surface area contributed by atoms with Crippen molar-refractivity contribution in [3.05, 3.63) is 66.2 Å². The number of fused-ring (bicyclic) bond motifs is 1. The van der Waals surface area contributed by atoms with Gasteiger partial charge in [0.25, 0.3) is 0 Å². The van der Waals surface area contributed by atoms with E-state index in [-0.39, 0.29) is 0 Å². The van der Waals surface area contributed by atoms with E-state index in [0.29, 0.717) is 6.54 Å². The Balaban J connectivity index is 1.63. The van der Waals surface area contributed by atoms with Crippen molar-refractivity contribution < 1.29 is 9.53 Å². The molecule has 0 radical (unpaired) electrons. The Bertz CT molecular complexity index is 1250. The molecule has 0 fully saturated rings. The van der Waals surface area contributed by atoms with E-state index in [4.69, 9.17) is 4.74 Å². The highest BCUT2D eigenvalue weighted by Gasteiger charge is 2.16. The van der Waals surface area contributed by atoms with Gasteiger partial charge in [0.05, 0.1) is 11.7 Å². The molecule has 7 heteroatoms. The molecule has 3 heterocycles. The van der Waals surface area contributed by atoms with Crippen LogP contribution in [-0.4, -0.2) is 31.1 Å². The molecule has 7 nitrogen and oxygen atoms in total. The van der Waals surface area contributed by atoms with E-state index in [2.05, 4.69) is 33.7 Å². The maximum Gasteiger partial charge on any atom is 0.407 e. The summed E-state index contributed by atoms with van der Waals surface area (Å²) in [7, 11) is 1.91. The molecule has 0 saturated heterocycles. The Morgan fingerprint density at radius 1 is 1.06 bits per heavy atom. The predicted molar refractivity (Wildman–Crippen MR) is 121 cm³/mol. The number of aryl methyl sites for hydroxylation is 2. The fourth-order valence-electron chi connectivity index (χ4n) is 3.53. The van der Waals surface area contributed by atoms with Crippen LogP contribution in [0.5, 0.6) is 0 Å². The van der Waals surface area contributed by atoms with Gasteiger partial charge in [0.2, 0.25) is 0 Å². The first-order chi connectivity index (χ1) is 14.7. The summed E-state index contributed by atoms with van der Waals surface area (Å²) in [6.07, 6.45) is 7.25. The first kappa shape index (κ1) is 20.7. The molecular weight excluding hydrogens is 390 g/mol. The lowest BCUT2D eigenvalue weighted by molar-refractivity contribution is 0.0523. The number of nitrogens with zero attached hydrogens (tertiary/aromatic N) is 4. The largest absolute Gasteiger partial charge is 0.444 e. The minimum absolute atomic E-state index is 0.416. The van der Waals surface area contributed by atoms with Crippen LogP contribution in [0.2, 0.25) is 0 Å². The van der Waals surface area contributed by atoms with E-state index in [0.717, 1.165) is 38.9 Å². The molecule has 0 spiro atoms. The standard InChI is InChI=1S/C24H27N5O2/c1-16-10-17(6-7-18(16)12-25-23(30)31-24(2,3)4)21-11-19(20-13-27-28(5)14-20)15-29-22(21)8-9-26-29/h6-11,13-15H,12H2,1-5H3,(H,25,30). The summed E-state index contributed by atoms with van der Waals surface area (Å²) in [6.45, 7) is 8.02. The third-order valence-electron chi connectivity index (χ3n) is 5.02. The highest BCUT2D eigenvalue weighted by Crippen LogP contribution is 2.31. The lowest BCUT2D eigenvalue weighted by Crippen LogP contribution is -2.32. The molecule has 0 unspecified atom stereocenters. The molecule has 0 atom stereocenters. The quantitative estimate of drug-likeness (QED) is 0.521. The van der Waals surface area contributed by atoms with Gasteiger partial charge in [-0.3, -0.25) is 4.68 Å². The number of carbonyl (C=O) groups excluding carboxylic acids is 1. The molecule has 0 aliphatic carbocycles. The predicted octanol–water partition coefficient (Wildman–Crippen LogP) is 4.73. The molecular formula is C24H27N5O2. The molecule has 1 N–H and O–H groups in total. The zero-order chi connectivity index (χ0) is 22.2. The van der Waals surface area contributed by atoms with Crippen LogP contribution in [0.3, 0.4) is 0 Å². The van der Waals surface area contributed by atoms with Crippen molar-refractivity contribution in [1.82, 2.24) is 24.7 Å². The minimum atomic E-state index is -0.515. The normalized spacial score (nSPS) is 11.6. The van der Waals surface area contributed by atoms with Gasteiger partial charge in [-0.25, -0.2) is 9.31 Å². The van der Waals surface area contributed by atoms with E-state index in [1.54, 1.807) is 10.9 Å². The first-order valence-corrected chi connectivity index (χ1v) is 10.2. The molecule has 160 valence electrons. The molecule has 0 aliphatic heterocycles.